The number of hydrogen-bond donors (Lipinski definition) is 2. The van der Waals surface area contributed by atoms with Gasteiger partial charge in [0.1, 0.15) is 4.90 Å². The highest BCUT2D eigenvalue weighted by atomic mass is 79.9. The standard InChI is InChI=1S/C13H10BrF2NO3S/c14-10-5-8(7-18)1-4-13(10)21(19,20)17-9-2-3-11(15)12(16)6-9/h1-6,17-18H,7H2. The van der Waals surface area contributed by atoms with Gasteiger partial charge in [0.05, 0.1) is 12.3 Å². The molecule has 2 rings (SSSR count). The molecule has 0 radical (unpaired) electrons. The first-order valence-electron chi connectivity index (χ1n) is 5.70. The molecule has 0 aliphatic carbocycles. The van der Waals surface area contributed by atoms with Crippen LogP contribution in [0.5, 0.6) is 0 Å². The van der Waals surface area contributed by atoms with E-state index in [2.05, 4.69) is 20.7 Å². The number of rotatable bonds is 4. The van der Waals surface area contributed by atoms with Crippen LogP contribution in [-0.2, 0) is 16.6 Å². The molecule has 0 saturated carbocycles. The van der Waals surface area contributed by atoms with Crippen LogP contribution in [0.1, 0.15) is 5.56 Å². The van der Waals surface area contributed by atoms with E-state index in [1.54, 1.807) is 0 Å². The van der Waals surface area contributed by atoms with Crippen LogP contribution in [0.2, 0.25) is 0 Å². The third-order valence-electron chi connectivity index (χ3n) is 2.64. The first-order valence-corrected chi connectivity index (χ1v) is 7.98. The summed E-state index contributed by atoms with van der Waals surface area (Å²) in [5.74, 6) is -2.21. The van der Waals surface area contributed by atoms with Crippen molar-refractivity contribution in [1.82, 2.24) is 0 Å². The van der Waals surface area contributed by atoms with Crippen molar-refractivity contribution in [2.45, 2.75) is 11.5 Å². The molecule has 4 nitrogen and oxygen atoms in total. The second-order valence-corrected chi connectivity index (χ2v) is 6.66. The number of sulfonamides is 1. The molecule has 0 fully saturated rings. The summed E-state index contributed by atoms with van der Waals surface area (Å²) < 4.78 is 52.7. The Morgan fingerprint density at radius 2 is 1.81 bits per heavy atom. The Morgan fingerprint density at radius 3 is 2.38 bits per heavy atom. The largest absolute Gasteiger partial charge is 0.392 e. The van der Waals surface area contributed by atoms with E-state index in [1.165, 1.54) is 18.2 Å². The minimum absolute atomic E-state index is 0.0792. The lowest BCUT2D eigenvalue weighted by Gasteiger charge is -2.10. The van der Waals surface area contributed by atoms with Crippen molar-refractivity contribution in [3.05, 3.63) is 58.1 Å². The van der Waals surface area contributed by atoms with Crippen molar-refractivity contribution in [2.24, 2.45) is 0 Å². The van der Waals surface area contributed by atoms with Crippen LogP contribution in [0.15, 0.2) is 45.8 Å². The first-order chi connectivity index (χ1) is 9.83. The summed E-state index contributed by atoms with van der Waals surface area (Å²) >= 11 is 3.10. The smallest absolute Gasteiger partial charge is 0.263 e. The number of halogens is 3. The van der Waals surface area contributed by atoms with Crippen LogP contribution in [0.25, 0.3) is 0 Å². The van der Waals surface area contributed by atoms with Gasteiger partial charge < -0.3 is 5.11 Å². The predicted molar refractivity (Wildman–Crippen MR) is 77.2 cm³/mol. The van der Waals surface area contributed by atoms with Crippen LogP contribution in [0, 0.1) is 11.6 Å². The van der Waals surface area contributed by atoms with Crippen LogP contribution < -0.4 is 4.72 Å². The maximum absolute atomic E-state index is 13.1. The molecule has 112 valence electrons. The summed E-state index contributed by atoms with van der Waals surface area (Å²) in [4.78, 5) is -0.0792. The topological polar surface area (TPSA) is 66.4 Å². The number of anilines is 1. The molecular formula is C13H10BrF2NO3S. The van der Waals surface area contributed by atoms with Crippen LogP contribution in [0.3, 0.4) is 0 Å². The van der Waals surface area contributed by atoms with Gasteiger partial charge in [0.15, 0.2) is 11.6 Å². The summed E-state index contributed by atoms with van der Waals surface area (Å²) in [6, 6.07) is 6.91. The lowest BCUT2D eigenvalue weighted by atomic mass is 10.2. The lowest BCUT2D eigenvalue weighted by Crippen LogP contribution is -2.14. The van der Waals surface area contributed by atoms with Gasteiger partial charge in [-0.05, 0) is 45.8 Å². The third kappa shape index (κ3) is 3.58. The van der Waals surface area contributed by atoms with Crippen molar-refractivity contribution in [1.29, 1.82) is 0 Å². The van der Waals surface area contributed by atoms with E-state index >= 15 is 0 Å². The molecule has 0 aliphatic rings. The van der Waals surface area contributed by atoms with Gasteiger partial charge in [0.25, 0.3) is 10.0 Å². The summed E-state index contributed by atoms with van der Waals surface area (Å²) in [6.07, 6.45) is 0. The van der Waals surface area contributed by atoms with Gasteiger partial charge in [-0.25, -0.2) is 17.2 Å². The molecule has 21 heavy (non-hydrogen) atoms. The van der Waals surface area contributed by atoms with Crippen molar-refractivity contribution in [3.63, 3.8) is 0 Å². The van der Waals surface area contributed by atoms with Crippen molar-refractivity contribution < 1.29 is 22.3 Å². The number of benzene rings is 2. The Kier molecular flexibility index (Phi) is 4.60. The first kappa shape index (κ1) is 15.9. The van der Waals surface area contributed by atoms with Gasteiger partial charge in [-0.3, -0.25) is 4.72 Å². The number of aliphatic hydroxyl groups is 1. The molecule has 0 bridgehead atoms. The molecule has 0 heterocycles. The average molecular weight is 378 g/mol. The fourth-order valence-corrected chi connectivity index (χ4v) is 3.81. The molecule has 2 aromatic rings. The number of hydrogen-bond acceptors (Lipinski definition) is 3. The zero-order valence-corrected chi connectivity index (χ0v) is 12.9. The SMILES string of the molecule is O=S(=O)(Nc1ccc(F)c(F)c1)c1ccc(CO)cc1Br. The summed E-state index contributed by atoms with van der Waals surface area (Å²) in [6.45, 7) is -0.227. The second kappa shape index (κ2) is 6.08. The Hall–Kier alpha value is -1.51. The molecule has 0 unspecified atom stereocenters. The maximum atomic E-state index is 13.1. The molecule has 0 spiro atoms. The Balaban J connectivity index is 2.36. The van der Waals surface area contributed by atoms with Crippen molar-refractivity contribution in [3.8, 4) is 0 Å². The van der Waals surface area contributed by atoms with E-state index in [0.29, 0.717) is 5.56 Å². The fourth-order valence-electron chi connectivity index (χ4n) is 1.63. The van der Waals surface area contributed by atoms with E-state index in [0.717, 1.165) is 18.2 Å². The average Bonchev–Trinajstić information content (AvgIpc) is 2.42. The van der Waals surface area contributed by atoms with Crippen LogP contribution >= 0.6 is 15.9 Å². The zero-order valence-electron chi connectivity index (χ0n) is 10.5. The van der Waals surface area contributed by atoms with E-state index in [9.17, 15) is 17.2 Å². The summed E-state index contributed by atoms with van der Waals surface area (Å²) in [5, 5.41) is 8.98. The maximum Gasteiger partial charge on any atom is 0.263 e. The Morgan fingerprint density at radius 1 is 1.10 bits per heavy atom. The molecule has 0 aromatic heterocycles. The van der Waals surface area contributed by atoms with Crippen molar-refractivity contribution in [2.75, 3.05) is 4.72 Å². The predicted octanol–water partition coefficient (Wildman–Crippen LogP) is 3.02. The van der Waals surface area contributed by atoms with Gasteiger partial charge in [-0.2, -0.15) is 0 Å². The molecule has 0 atom stereocenters. The normalized spacial score (nSPS) is 11.4. The van der Waals surface area contributed by atoms with Gasteiger partial charge in [-0.1, -0.05) is 6.07 Å². The summed E-state index contributed by atoms with van der Waals surface area (Å²) in [5.41, 5.74) is 0.445. The monoisotopic (exact) mass is 377 g/mol. The minimum atomic E-state index is -3.97. The molecule has 0 saturated heterocycles. The molecule has 2 N–H and O–H groups in total. The van der Waals surface area contributed by atoms with Gasteiger partial charge in [0.2, 0.25) is 0 Å². The van der Waals surface area contributed by atoms with Crippen LogP contribution in [0.4, 0.5) is 14.5 Å². The molecule has 0 aliphatic heterocycles. The minimum Gasteiger partial charge on any atom is -0.392 e. The van der Waals surface area contributed by atoms with E-state index < -0.39 is 21.7 Å². The highest BCUT2D eigenvalue weighted by Gasteiger charge is 2.18. The lowest BCUT2D eigenvalue weighted by molar-refractivity contribution is 0.281. The molecule has 8 heteroatoms. The zero-order chi connectivity index (χ0) is 15.6. The quantitative estimate of drug-likeness (QED) is 0.860. The van der Waals surface area contributed by atoms with E-state index in [-0.39, 0.29) is 21.7 Å². The van der Waals surface area contributed by atoms with Crippen molar-refractivity contribution >= 4 is 31.6 Å². The summed E-state index contributed by atoms with van der Waals surface area (Å²) in [7, 11) is -3.97. The molecule has 2 aromatic carbocycles. The van der Waals surface area contributed by atoms with E-state index in [4.69, 9.17) is 5.11 Å². The molecule has 0 amide bonds. The van der Waals surface area contributed by atoms with Gasteiger partial charge in [0, 0.05) is 10.5 Å². The van der Waals surface area contributed by atoms with Gasteiger partial charge in [-0.15, -0.1) is 0 Å². The second-order valence-electron chi connectivity index (χ2n) is 4.16. The third-order valence-corrected chi connectivity index (χ3v) is 5.00. The highest BCUT2D eigenvalue weighted by Crippen LogP contribution is 2.26. The van der Waals surface area contributed by atoms with E-state index in [1.807, 2.05) is 0 Å². The fraction of sp³-hybridized carbons (Fsp3) is 0.0769. The molecular weight excluding hydrogens is 368 g/mol. The van der Waals surface area contributed by atoms with Crippen LogP contribution in [-0.4, -0.2) is 13.5 Å². The highest BCUT2D eigenvalue weighted by molar-refractivity contribution is 9.10. The Labute approximate surface area is 128 Å². The Bertz CT molecular complexity index is 781. The number of nitrogens with one attached hydrogen (secondary N) is 1. The van der Waals surface area contributed by atoms with Gasteiger partial charge >= 0.3 is 0 Å². The number of aliphatic hydroxyl groups excluding tert-OH is 1.